The summed E-state index contributed by atoms with van der Waals surface area (Å²) >= 11 is 7.57. The third-order valence-corrected chi connectivity index (χ3v) is 5.97. The van der Waals surface area contributed by atoms with Crippen molar-refractivity contribution in [1.29, 1.82) is 0 Å². The molecule has 1 unspecified atom stereocenters. The first-order valence-electron chi connectivity index (χ1n) is 8.90. The number of hydrogen-bond acceptors (Lipinski definition) is 4. The van der Waals surface area contributed by atoms with Gasteiger partial charge in [0, 0.05) is 15.5 Å². The maximum absolute atomic E-state index is 12.9. The number of fused-ring (bicyclic) bond motifs is 1. The fourth-order valence-electron chi connectivity index (χ4n) is 3.18. The molecule has 1 atom stereocenters. The highest BCUT2D eigenvalue weighted by atomic mass is 35.5. The van der Waals surface area contributed by atoms with Crippen LogP contribution in [0.25, 0.3) is 22.3 Å². The molecule has 5 nitrogen and oxygen atoms in total. The summed E-state index contributed by atoms with van der Waals surface area (Å²) < 4.78 is 0. The fraction of sp³-hybridized carbons (Fsp3) is 0.190. The molecule has 142 valence electrons. The second kappa shape index (κ2) is 7.37. The van der Waals surface area contributed by atoms with Crippen molar-refractivity contribution in [3.8, 4) is 11.3 Å². The number of nitrogens with one attached hydrogen (secondary N) is 2. The molecule has 0 aliphatic heterocycles. The summed E-state index contributed by atoms with van der Waals surface area (Å²) in [4.78, 5) is 26.1. The first kappa shape index (κ1) is 18.7. The van der Waals surface area contributed by atoms with Crippen LogP contribution in [0, 0.1) is 13.8 Å². The number of halogens is 1. The molecular formula is C21H19ClN4OS. The van der Waals surface area contributed by atoms with E-state index in [9.17, 15) is 4.79 Å². The minimum absolute atomic E-state index is 0.158. The summed E-state index contributed by atoms with van der Waals surface area (Å²) in [6.45, 7) is 5.94. The van der Waals surface area contributed by atoms with E-state index in [0.717, 1.165) is 32.2 Å². The van der Waals surface area contributed by atoms with E-state index in [1.165, 1.54) is 0 Å². The van der Waals surface area contributed by atoms with Crippen molar-refractivity contribution in [2.24, 2.45) is 0 Å². The lowest BCUT2D eigenvalue weighted by atomic mass is 10.1. The highest BCUT2D eigenvalue weighted by Crippen LogP contribution is 2.31. The van der Waals surface area contributed by atoms with Gasteiger partial charge in [-0.1, -0.05) is 23.7 Å². The summed E-state index contributed by atoms with van der Waals surface area (Å²) in [6, 6.07) is 11.2. The number of benzene rings is 2. The van der Waals surface area contributed by atoms with Gasteiger partial charge in [0.05, 0.1) is 29.1 Å². The van der Waals surface area contributed by atoms with E-state index in [1.54, 1.807) is 17.7 Å². The number of aryl methyl sites for hydroxylation is 2. The Kier molecular flexibility index (Phi) is 4.91. The average Bonchev–Trinajstić information content (AvgIpc) is 3.28. The zero-order chi connectivity index (χ0) is 19.8. The zero-order valence-electron chi connectivity index (χ0n) is 15.7. The van der Waals surface area contributed by atoms with E-state index in [4.69, 9.17) is 16.6 Å². The molecule has 1 amide bonds. The lowest BCUT2D eigenvalue weighted by Crippen LogP contribution is -2.27. The highest BCUT2D eigenvalue weighted by Gasteiger charge is 2.19. The third kappa shape index (κ3) is 3.53. The van der Waals surface area contributed by atoms with Gasteiger partial charge in [0.2, 0.25) is 0 Å². The molecule has 0 spiro atoms. The number of hydrogen-bond donors (Lipinski definition) is 2. The van der Waals surface area contributed by atoms with Crippen LogP contribution in [0.2, 0.25) is 5.02 Å². The van der Waals surface area contributed by atoms with Gasteiger partial charge in [-0.25, -0.2) is 9.97 Å². The van der Waals surface area contributed by atoms with Crippen molar-refractivity contribution < 1.29 is 4.79 Å². The molecule has 0 saturated heterocycles. The van der Waals surface area contributed by atoms with E-state index in [2.05, 4.69) is 15.3 Å². The molecule has 2 aromatic carbocycles. The molecule has 4 aromatic rings. The van der Waals surface area contributed by atoms with E-state index >= 15 is 0 Å². The molecule has 2 N–H and O–H groups in total. The maximum atomic E-state index is 12.9. The number of imidazole rings is 1. The second-order valence-corrected chi connectivity index (χ2v) is 8.44. The Labute approximate surface area is 171 Å². The molecule has 2 heterocycles. The predicted octanol–water partition coefficient (Wildman–Crippen LogP) is 5.45. The second-order valence-electron chi connectivity index (χ2n) is 6.77. The lowest BCUT2D eigenvalue weighted by molar-refractivity contribution is 0.0941. The average molecular weight is 411 g/mol. The van der Waals surface area contributed by atoms with E-state index < -0.39 is 0 Å². The first-order chi connectivity index (χ1) is 13.4. The van der Waals surface area contributed by atoms with Gasteiger partial charge in [-0.05, 0) is 50.6 Å². The van der Waals surface area contributed by atoms with Crippen LogP contribution >= 0.6 is 22.9 Å². The zero-order valence-corrected chi connectivity index (χ0v) is 17.3. The van der Waals surface area contributed by atoms with Crippen LogP contribution in [-0.4, -0.2) is 20.9 Å². The van der Waals surface area contributed by atoms with Crippen LogP contribution in [0.15, 0.2) is 42.7 Å². The third-order valence-electron chi connectivity index (χ3n) is 4.56. The van der Waals surface area contributed by atoms with Crippen LogP contribution in [-0.2, 0) is 0 Å². The van der Waals surface area contributed by atoms with Crippen LogP contribution in [0.4, 0.5) is 0 Å². The Morgan fingerprint density at radius 1 is 1.21 bits per heavy atom. The van der Waals surface area contributed by atoms with Gasteiger partial charge in [-0.15, -0.1) is 11.3 Å². The van der Waals surface area contributed by atoms with Crippen molar-refractivity contribution >= 4 is 39.9 Å². The predicted molar refractivity (Wildman–Crippen MR) is 114 cm³/mol. The fourth-order valence-corrected chi connectivity index (χ4v) is 4.25. The first-order valence-corrected chi connectivity index (χ1v) is 10.1. The number of thiazole rings is 1. The number of aromatic nitrogens is 3. The molecule has 0 aliphatic rings. The summed E-state index contributed by atoms with van der Waals surface area (Å²) in [7, 11) is 0. The van der Waals surface area contributed by atoms with Crippen LogP contribution in [0.3, 0.4) is 0 Å². The summed E-state index contributed by atoms with van der Waals surface area (Å²) in [5, 5.41) is 4.61. The van der Waals surface area contributed by atoms with Crippen molar-refractivity contribution in [3.63, 3.8) is 0 Å². The van der Waals surface area contributed by atoms with E-state index in [0.29, 0.717) is 16.1 Å². The van der Waals surface area contributed by atoms with E-state index in [1.807, 2.05) is 57.2 Å². The number of carbonyl (C=O) groups excluding carboxylic acids is 1. The number of H-pyrrole nitrogens is 1. The largest absolute Gasteiger partial charge is 0.345 e. The van der Waals surface area contributed by atoms with Gasteiger partial charge in [-0.2, -0.15) is 0 Å². The van der Waals surface area contributed by atoms with Gasteiger partial charge >= 0.3 is 0 Å². The molecule has 7 heteroatoms. The monoisotopic (exact) mass is 410 g/mol. The number of rotatable bonds is 4. The molecule has 0 radical (unpaired) electrons. The summed E-state index contributed by atoms with van der Waals surface area (Å²) in [5.74, 6) is -0.158. The molecule has 28 heavy (non-hydrogen) atoms. The van der Waals surface area contributed by atoms with E-state index in [-0.39, 0.29) is 11.9 Å². The highest BCUT2D eigenvalue weighted by molar-refractivity contribution is 7.12. The lowest BCUT2D eigenvalue weighted by Gasteiger charge is -2.12. The quantitative estimate of drug-likeness (QED) is 0.470. The number of amides is 1. The van der Waals surface area contributed by atoms with Gasteiger partial charge in [0.15, 0.2) is 0 Å². The Hall–Kier alpha value is -2.70. The molecule has 0 fully saturated rings. The number of aromatic amines is 1. The molecular weight excluding hydrogens is 392 g/mol. The topological polar surface area (TPSA) is 70.7 Å². The Morgan fingerprint density at radius 3 is 2.71 bits per heavy atom. The van der Waals surface area contributed by atoms with Crippen molar-refractivity contribution in [3.05, 3.63) is 68.8 Å². The standard InChI is InChI=1S/C21H19ClN4OS/c1-11-8-16(19-17(9-11)23-10-24-19)20(27)25-12(2)21-26-18(13(3)28-21)14-4-6-15(22)7-5-14/h4-10,12H,1-3H3,(H,23,24)(H,25,27). The van der Waals surface area contributed by atoms with Crippen molar-refractivity contribution in [2.45, 2.75) is 26.8 Å². The Morgan fingerprint density at radius 2 is 1.96 bits per heavy atom. The Balaban J connectivity index is 1.59. The minimum atomic E-state index is -0.216. The Bertz CT molecular complexity index is 1160. The van der Waals surface area contributed by atoms with Gasteiger partial charge < -0.3 is 10.3 Å². The SMILES string of the molecule is Cc1cc(C(=O)NC(C)c2nc(-c3ccc(Cl)cc3)c(C)s2)c2nc[nH]c2c1. The normalized spacial score (nSPS) is 12.3. The molecule has 2 aromatic heterocycles. The van der Waals surface area contributed by atoms with Crippen molar-refractivity contribution in [2.75, 3.05) is 0 Å². The molecule has 0 saturated carbocycles. The van der Waals surface area contributed by atoms with Gasteiger partial charge in [0.1, 0.15) is 10.5 Å². The minimum Gasteiger partial charge on any atom is -0.345 e. The van der Waals surface area contributed by atoms with Crippen LogP contribution in [0.1, 0.15) is 38.8 Å². The smallest absolute Gasteiger partial charge is 0.254 e. The molecule has 0 bridgehead atoms. The number of carbonyl (C=O) groups is 1. The molecule has 4 rings (SSSR count). The summed E-state index contributed by atoms with van der Waals surface area (Å²) in [5.41, 5.74) is 5.03. The van der Waals surface area contributed by atoms with Crippen molar-refractivity contribution in [1.82, 2.24) is 20.3 Å². The van der Waals surface area contributed by atoms with Gasteiger partial charge in [-0.3, -0.25) is 4.79 Å². The number of nitrogens with zero attached hydrogens (tertiary/aromatic N) is 2. The summed E-state index contributed by atoms with van der Waals surface area (Å²) in [6.07, 6.45) is 1.60. The van der Waals surface area contributed by atoms with Gasteiger partial charge in [0.25, 0.3) is 5.91 Å². The van der Waals surface area contributed by atoms with Crippen LogP contribution in [0.5, 0.6) is 0 Å². The maximum Gasteiger partial charge on any atom is 0.254 e. The molecule has 0 aliphatic carbocycles. The van der Waals surface area contributed by atoms with Crippen LogP contribution < -0.4 is 5.32 Å².